The molecule has 0 aromatic heterocycles. The summed E-state index contributed by atoms with van der Waals surface area (Å²) in [6.07, 6.45) is 2.10. The standard InChI is InChI=1S/C22H27N3O2/c1-15-10-12-25(13-11-15)22(27)18-8-9-19(16(2)14-18)24-21(26)20(23)17-6-4-3-5-7-17/h3-9,14-15,20H,10-13,23H2,1-2H3,(H,24,26). The van der Waals surface area contributed by atoms with Gasteiger partial charge in [-0.3, -0.25) is 9.59 Å². The number of rotatable bonds is 4. The first kappa shape index (κ1) is 19.1. The van der Waals surface area contributed by atoms with E-state index in [0.717, 1.165) is 37.1 Å². The molecule has 2 aromatic carbocycles. The molecule has 1 atom stereocenters. The molecule has 0 radical (unpaired) electrons. The van der Waals surface area contributed by atoms with Gasteiger partial charge < -0.3 is 16.0 Å². The summed E-state index contributed by atoms with van der Waals surface area (Å²) in [6, 6.07) is 13.9. The van der Waals surface area contributed by atoms with Gasteiger partial charge in [-0.25, -0.2) is 0 Å². The molecule has 2 aromatic rings. The molecule has 1 fully saturated rings. The zero-order valence-corrected chi connectivity index (χ0v) is 15.9. The minimum atomic E-state index is -0.734. The zero-order chi connectivity index (χ0) is 19.4. The first-order valence-electron chi connectivity index (χ1n) is 9.47. The van der Waals surface area contributed by atoms with Gasteiger partial charge in [0.2, 0.25) is 5.91 Å². The van der Waals surface area contributed by atoms with Crippen LogP contribution in [0.4, 0.5) is 5.69 Å². The van der Waals surface area contributed by atoms with Crippen molar-refractivity contribution in [1.29, 1.82) is 0 Å². The molecule has 0 aliphatic carbocycles. The molecule has 142 valence electrons. The van der Waals surface area contributed by atoms with E-state index in [9.17, 15) is 9.59 Å². The number of carbonyl (C=O) groups excluding carboxylic acids is 2. The number of benzene rings is 2. The van der Waals surface area contributed by atoms with Gasteiger partial charge in [0.25, 0.3) is 5.91 Å². The maximum atomic E-state index is 12.7. The molecule has 1 aliphatic rings. The molecule has 2 amide bonds. The quantitative estimate of drug-likeness (QED) is 0.871. The molecule has 1 heterocycles. The van der Waals surface area contributed by atoms with Crippen molar-refractivity contribution in [3.8, 4) is 0 Å². The van der Waals surface area contributed by atoms with Crippen LogP contribution in [0, 0.1) is 12.8 Å². The van der Waals surface area contributed by atoms with Gasteiger partial charge in [-0.2, -0.15) is 0 Å². The van der Waals surface area contributed by atoms with Crippen LogP contribution in [-0.2, 0) is 4.79 Å². The van der Waals surface area contributed by atoms with E-state index in [2.05, 4.69) is 12.2 Å². The van der Waals surface area contributed by atoms with Gasteiger partial charge in [-0.1, -0.05) is 37.3 Å². The van der Waals surface area contributed by atoms with Crippen LogP contribution in [-0.4, -0.2) is 29.8 Å². The van der Waals surface area contributed by atoms with Crippen LogP contribution >= 0.6 is 0 Å². The van der Waals surface area contributed by atoms with Gasteiger partial charge in [0.1, 0.15) is 6.04 Å². The second-order valence-electron chi connectivity index (χ2n) is 7.38. The highest BCUT2D eigenvalue weighted by molar-refractivity contribution is 5.98. The Kier molecular flexibility index (Phi) is 5.91. The lowest BCUT2D eigenvalue weighted by molar-refractivity contribution is -0.117. The second-order valence-corrected chi connectivity index (χ2v) is 7.38. The summed E-state index contributed by atoms with van der Waals surface area (Å²) >= 11 is 0. The predicted molar refractivity (Wildman–Crippen MR) is 107 cm³/mol. The van der Waals surface area contributed by atoms with Gasteiger partial charge in [0, 0.05) is 24.3 Å². The molecular formula is C22H27N3O2. The number of nitrogens with zero attached hydrogens (tertiary/aromatic N) is 1. The topological polar surface area (TPSA) is 75.4 Å². The van der Waals surface area contributed by atoms with Crippen LogP contribution in [0.5, 0.6) is 0 Å². The second kappa shape index (κ2) is 8.35. The third-order valence-corrected chi connectivity index (χ3v) is 5.24. The van der Waals surface area contributed by atoms with Crippen molar-refractivity contribution >= 4 is 17.5 Å². The van der Waals surface area contributed by atoms with Crippen molar-refractivity contribution in [1.82, 2.24) is 4.90 Å². The van der Waals surface area contributed by atoms with Crippen molar-refractivity contribution in [3.63, 3.8) is 0 Å². The fraction of sp³-hybridized carbons (Fsp3) is 0.364. The van der Waals surface area contributed by atoms with E-state index in [4.69, 9.17) is 5.73 Å². The molecule has 1 unspecified atom stereocenters. The summed E-state index contributed by atoms with van der Waals surface area (Å²) in [7, 11) is 0. The van der Waals surface area contributed by atoms with E-state index in [-0.39, 0.29) is 11.8 Å². The highest BCUT2D eigenvalue weighted by Crippen LogP contribution is 2.22. The highest BCUT2D eigenvalue weighted by Gasteiger charge is 2.22. The molecule has 27 heavy (non-hydrogen) atoms. The number of amides is 2. The number of likely N-dealkylation sites (tertiary alicyclic amines) is 1. The molecule has 0 spiro atoms. The number of aryl methyl sites for hydroxylation is 1. The summed E-state index contributed by atoms with van der Waals surface area (Å²) in [6.45, 7) is 5.73. The largest absolute Gasteiger partial charge is 0.339 e. The van der Waals surface area contributed by atoms with Crippen LogP contribution in [0.25, 0.3) is 0 Å². The fourth-order valence-corrected chi connectivity index (χ4v) is 3.35. The number of nitrogens with one attached hydrogen (secondary N) is 1. The van der Waals surface area contributed by atoms with Crippen LogP contribution in [0.2, 0.25) is 0 Å². The van der Waals surface area contributed by atoms with Crippen molar-refractivity contribution in [2.75, 3.05) is 18.4 Å². The lowest BCUT2D eigenvalue weighted by atomic mass is 9.98. The average molecular weight is 365 g/mol. The van der Waals surface area contributed by atoms with Crippen LogP contribution in [0.15, 0.2) is 48.5 Å². The van der Waals surface area contributed by atoms with E-state index in [1.54, 1.807) is 12.1 Å². The Morgan fingerprint density at radius 3 is 2.41 bits per heavy atom. The van der Waals surface area contributed by atoms with Crippen molar-refractivity contribution in [3.05, 3.63) is 65.2 Å². The average Bonchev–Trinajstić information content (AvgIpc) is 2.69. The van der Waals surface area contributed by atoms with Crippen molar-refractivity contribution in [2.24, 2.45) is 11.7 Å². The molecule has 3 N–H and O–H groups in total. The Morgan fingerprint density at radius 2 is 1.78 bits per heavy atom. The molecule has 0 saturated carbocycles. The lowest BCUT2D eigenvalue weighted by Crippen LogP contribution is -2.37. The third kappa shape index (κ3) is 4.55. The number of carbonyl (C=O) groups is 2. The van der Waals surface area contributed by atoms with E-state index < -0.39 is 6.04 Å². The normalized spacial score (nSPS) is 16.0. The van der Waals surface area contributed by atoms with E-state index in [1.807, 2.05) is 48.2 Å². The van der Waals surface area contributed by atoms with Gasteiger partial charge in [-0.15, -0.1) is 0 Å². The fourth-order valence-electron chi connectivity index (χ4n) is 3.35. The third-order valence-electron chi connectivity index (χ3n) is 5.24. The van der Waals surface area contributed by atoms with Gasteiger partial charge in [0.15, 0.2) is 0 Å². The minimum absolute atomic E-state index is 0.0591. The zero-order valence-electron chi connectivity index (χ0n) is 15.9. The van der Waals surface area contributed by atoms with Crippen molar-refractivity contribution in [2.45, 2.75) is 32.7 Å². The van der Waals surface area contributed by atoms with Crippen LogP contribution in [0.1, 0.15) is 47.3 Å². The van der Waals surface area contributed by atoms with Crippen LogP contribution < -0.4 is 11.1 Å². The van der Waals surface area contributed by atoms with E-state index in [1.165, 1.54) is 0 Å². The van der Waals surface area contributed by atoms with Gasteiger partial charge >= 0.3 is 0 Å². The number of piperidine rings is 1. The monoisotopic (exact) mass is 365 g/mol. The maximum absolute atomic E-state index is 12.7. The molecule has 5 nitrogen and oxygen atoms in total. The summed E-state index contributed by atoms with van der Waals surface area (Å²) in [5, 5.41) is 2.87. The summed E-state index contributed by atoms with van der Waals surface area (Å²) in [5.74, 6) is 0.472. The Bertz CT molecular complexity index is 812. The molecule has 1 aliphatic heterocycles. The first-order valence-corrected chi connectivity index (χ1v) is 9.47. The highest BCUT2D eigenvalue weighted by atomic mass is 16.2. The van der Waals surface area contributed by atoms with Gasteiger partial charge in [0.05, 0.1) is 0 Å². The molecular weight excluding hydrogens is 338 g/mol. The lowest BCUT2D eigenvalue weighted by Gasteiger charge is -2.30. The Morgan fingerprint density at radius 1 is 1.11 bits per heavy atom. The molecule has 1 saturated heterocycles. The predicted octanol–water partition coefficient (Wildman–Crippen LogP) is 3.51. The first-order chi connectivity index (χ1) is 13.0. The van der Waals surface area contributed by atoms with Crippen molar-refractivity contribution < 1.29 is 9.59 Å². The SMILES string of the molecule is Cc1cc(C(=O)N2CCC(C)CC2)ccc1NC(=O)C(N)c1ccccc1. The number of hydrogen-bond donors (Lipinski definition) is 2. The minimum Gasteiger partial charge on any atom is -0.339 e. The molecule has 3 rings (SSSR count). The molecule has 5 heteroatoms. The summed E-state index contributed by atoms with van der Waals surface area (Å²) in [4.78, 5) is 27.1. The Labute approximate surface area is 160 Å². The number of nitrogens with two attached hydrogens (primary N) is 1. The maximum Gasteiger partial charge on any atom is 0.253 e. The smallest absolute Gasteiger partial charge is 0.253 e. The van der Waals surface area contributed by atoms with Crippen LogP contribution in [0.3, 0.4) is 0 Å². The van der Waals surface area contributed by atoms with E-state index >= 15 is 0 Å². The summed E-state index contributed by atoms with van der Waals surface area (Å²) < 4.78 is 0. The Hall–Kier alpha value is -2.66. The number of hydrogen-bond acceptors (Lipinski definition) is 3. The molecule has 0 bridgehead atoms. The van der Waals surface area contributed by atoms with E-state index in [0.29, 0.717) is 17.2 Å². The summed E-state index contributed by atoms with van der Waals surface area (Å²) in [5.41, 5.74) is 9.00. The van der Waals surface area contributed by atoms with Gasteiger partial charge in [-0.05, 0) is 55.0 Å². The Balaban J connectivity index is 1.68. The number of anilines is 1.